The second-order valence-corrected chi connectivity index (χ2v) is 5.45. The van der Waals surface area contributed by atoms with E-state index in [1.807, 2.05) is 0 Å². The van der Waals surface area contributed by atoms with E-state index in [0.717, 1.165) is 12.8 Å². The molecule has 1 aliphatic heterocycles. The Morgan fingerprint density at radius 1 is 1.53 bits per heavy atom. The molecule has 1 aromatic carbocycles. The minimum Gasteiger partial charge on any atom is -0.338 e. The van der Waals surface area contributed by atoms with Gasteiger partial charge < -0.3 is 10.6 Å². The molecule has 0 aliphatic carbocycles. The zero-order chi connectivity index (χ0) is 13.1. The summed E-state index contributed by atoms with van der Waals surface area (Å²) in [4.78, 5) is 14.0. The average Bonchev–Trinajstić information content (AvgIpc) is 2.38. The summed E-state index contributed by atoms with van der Waals surface area (Å²) in [6.45, 7) is 1.87. The molecule has 1 fully saturated rings. The Kier molecular flexibility index (Phi) is 6.23. The second-order valence-electron chi connectivity index (χ2n) is 4.59. The van der Waals surface area contributed by atoms with Crippen LogP contribution in [0.1, 0.15) is 23.2 Å². The minimum absolute atomic E-state index is 0. The Balaban J connectivity index is 0.00000180. The quantitative estimate of drug-likeness (QED) is 0.890. The molecule has 1 unspecified atom stereocenters. The molecule has 2 N–H and O–H groups in total. The number of benzene rings is 1. The largest absolute Gasteiger partial charge is 0.338 e. The van der Waals surface area contributed by atoms with Gasteiger partial charge in [-0.15, -0.1) is 12.4 Å². The maximum absolute atomic E-state index is 13.7. The number of nitrogens with zero attached hydrogens (tertiary/aromatic N) is 1. The molecule has 1 amide bonds. The van der Waals surface area contributed by atoms with Gasteiger partial charge in [-0.2, -0.15) is 0 Å². The van der Waals surface area contributed by atoms with Crippen molar-refractivity contribution in [2.24, 2.45) is 11.7 Å². The number of hydrogen-bond acceptors (Lipinski definition) is 2. The standard InChI is InChI=1S/C13H16BrFN2O.ClH/c14-10-4-1-5-11(15)12(10)13(18)17-6-2-3-9(7-16)8-17;/h1,4-5,9H,2-3,6-8,16H2;1H. The van der Waals surface area contributed by atoms with Crippen LogP contribution in [0.25, 0.3) is 0 Å². The molecule has 1 aliphatic rings. The van der Waals surface area contributed by atoms with Crippen molar-refractivity contribution in [2.45, 2.75) is 12.8 Å². The number of amides is 1. The van der Waals surface area contributed by atoms with Gasteiger partial charge in [0.05, 0.1) is 5.56 Å². The third-order valence-electron chi connectivity index (χ3n) is 3.32. The molecule has 1 saturated heterocycles. The number of likely N-dealkylation sites (tertiary alicyclic amines) is 1. The molecule has 1 heterocycles. The molecule has 0 radical (unpaired) electrons. The second kappa shape index (κ2) is 7.22. The predicted octanol–water partition coefficient (Wildman–Crippen LogP) is 2.82. The maximum Gasteiger partial charge on any atom is 0.257 e. The molecule has 0 bridgehead atoms. The van der Waals surface area contributed by atoms with Gasteiger partial charge in [-0.05, 0) is 53.4 Å². The lowest BCUT2D eigenvalue weighted by atomic mass is 9.97. The molecule has 0 saturated carbocycles. The first kappa shape index (κ1) is 16.4. The number of hydrogen-bond donors (Lipinski definition) is 1. The monoisotopic (exact) mass is 350 g/mol. The van der Waals surface area contributed by atoms with Crippen molar-refractivity contribution in [1.29, 1.82) is 0 Å². The van der Waals surface area contributed by atoms with Crippen LogP contribution in [-0.4, -0.2) is 30.4 Å². The molecular weight excluding hydrogens is 335 g/mol. The van der Waals surface area contributed by atoms with Gasteiger partial charge in [0.25, 0.3) is 5.91 Å². The molecule has 19 heavy (non-hydrogen) atoms. The molecule has 1 aromatic rings. The van der Waals surface area contributed by atoms with Crippen LogP contribution < -0.4 is 5.73 Å². The fraction of sp³-hybridized carbons (Fsp3) is 0.462. The molecule has 2 rings (SSSR count). The summed E-state index contributed by atoms with van der Waals surface area (Å²) in [6, 6.07) is 4.57. The zero-order valence-electron chi connectivity index (χ0n) is 10.4. The van der Waals surface area contributed by atoms with Gasteiger partial charge >= 0.3 is 0 Å². The van der Waals surface area contributed by atoms with E-state index in [1.165, 1.54) is 6.07 Å². The van der Waals surface area contributed by atoms with E-state index in [2.05, 4.69) is 15.9 Å². The molecule has 6 heteroatoms. The number of halogens is 3. The van der Waals surface area contributed by atoms with Gasteiger partial charge in [-0.3, -0.25) is 4.79 Å². The highest BCUT2D eigenvalue weighted by atomic mass is 79.9. The Morgan fingerprint density at radius 3 is 2.89 bits per heavy atom. The van der Waals surface area contributed by atoms with Gasteiger partial charge in [0.15, 0.2) is 0 Å². The smallest absolute Gasteiger partial charge is 0.257 e. The van der Waals surface area contributed by atoms with Crippen LogP contribution in [0, 0.1) is 11.7 Å². The number of carbonyl (C=O) groups is 1. The summed E-state index contributed by atoms with van der Waals surface area (Å²) >= 11 is 3.23. The van der Waals surface area contributed by atoms with Crippen molar-refractivity contribution < 1.29 is 9.18 Å². The first-order chi connectivity index (χ1) is 8.63. The van der Waals surface area contributed by atoms with Crippen LogP contribution in [0.15, 0.2) is 22.7 Å². The summed E-state index contributed by atoms with van der Waals surface area (Å²) < 4.78 is 14.2. The highest BCUT2D eigenvalue weighted by molar-refractivity contribution is 9.10. The van der Waals surface area contributed by atoms with Crippen LogP contribution >= 0.6 is 28.3 Å². The molecule has 1 atom stereocenters. The van der Waals surface area contributed by atoms with Crippen molar-refractivity contribution in [3.05, 3.63) is 34.1 Å². The summed E-state index contributed by atoms with van der Waals surface area (Å²) in [5, 5.41) is 0. The van der Waals surface area contributed by atoms with Crippen LogP contribution in [-0.2, 0) is 0 Å². The average molecular weight is 352 g/mol. The van der Waals surface area contributed by atoms with Crippen molar-refractivity contribution in [1.82, 2.24) is 4.90 Å². The van der Waals surface area contributed by atoms with Crippen LogP contribution in [0.4, 0.5) is 4.39 Å². The molecule has 0 spiro atoms. The van der Waals surface area contributed by atoms with Gasteiger partial charge in [0.1, 0.15) is 5.82 Å². The lowest BCUT2D eigenvalue weighted by Crippen LogP contribution is -2.42. The Hall–Kier alpha value is -0.650. The van der Waals surface area contributed by atoms with E-state index < -0.39 is 5.82 Å². The van der Waals surface area contributed by atoms with Gasteiger partial charge in [0, 0.05) is 17.6 Å². The lowest BCUT2D eigenvalue weighted by molar-refractivity contribution is 0.0672. The maximum atomic E-state index is 13.7. The van der Waals surface area contributed by atoms with Crippen LogP contribution in [0.3, 0.4) is 0 Å². The van der Waals surface area contributed by atoms with E-state index in [0.29, 0.717) is 30.0 Å². The summed E-state index contributed by atoms with van der Waals surface area (Å²) in [7, 11) is 0. The highest BCUT2D eigenvalue weighted by Gasteiger charge is 2.26. The summed E-state index contributed by atoms with van der Waals surface area (Å²) in [5.74, 6) is -0.407. The summed E-state index contributed by atoms with van der Waals surface area (Å²) in [5.41, 5.74) is 5.76. The third-order valence-corrected chi connectivity index (χ3v) is 3.98. The molecular formula is C13H17BrClFN2O. The van der Waals surface area contributed by atoms with Gasteiger partial charge in [0.2, 0.25) is 0 Å². The molecule has 3 nitrogen and oxygen atoms in total. The van der Waals surface area contributed by atoms with Crippen molar-refractivity contribution in [3.8, 4) is 0 Å². The first-order valence-electron chi connectivity index (χ1n) is 6.07. The Bertz CT molecular complexity index is 438. The predicted molar refractivity (Wildman–Crippen MR) is 79.0 cm³/mol. The number of rotatable bonds is 2. The molecule has 0 aromatic heterocycles. The Labute approximate surface area is 126 Å². The van der Waals surface area contributed by atoms with Crippen molar-refractivity contribution >= 4 is 34.2 Å². The van der Waals surface area contributed by atoms with E-state index >= 15 is 0 Å². The fourth-order valence-electron chi connectivity index (χ4n) is 2.30. The third kappa shape index (κ3) is 3.68. The van der Waals surface area contributed by atoms with E-state index in [9.17, 15) is 9.18 Å². The number of piperidine rings is 1. The molecule has 106 valence electrons. The lowest BCUT2D eigenvalue weighted by Gasteiger charge is -2.32. The van der Waals surface area contributed by atoms with E-state index in [-0.39, 0.29) is 23.9 Å². The SMILES string of the molecule is Cl.NCC1CCCN(C(=O)c2c(F)cccc2Br)C1. The van der Waals surface area contributed by atoms with Crippen molar-refractivity contribution in [2.75, 3.05) is 19.6 Å². The van der Waals surface area contributed by atoms with Crippen LogP contribution in [0.2, 0.25) is 0 Å². The van der Waals surface area contributed by atoms with Crippen LogP contribution in [0.5, 0.6) is 0 Å². The van der Waals surface area contributed by atoms with Gasteiger partial charge in [-0.1, -0.05) is 6.07 Å². The minimum atomic E-state index is -0.482. The fourth-order valence-corrected chi connectivity index (χ4v) is 2.81. The first-order valence-corrected chi connectivity index (χ1v) is 6.86. The van der Waals surface area contributed by atoms with Crippen molar-refractivity contribution in [3.63, 3.8) is 0 Å². The topological polar surface area (TPSA) is 46.3 Å². The number of nitrogens with two attached hydrogens (primary N) is 1. The van der Waals surface area contributed by atoms with E-state index in [1.54, 1.807) is 17.0 Å². The normalized spacial score (nSPS) is 18.9. The number of carbonyl (C=O) groups excluding carboxylic acids is 1. The Morgan fingerprint density at radius 2 is 2.26 bits per heavy atom. The summed E-state index contributed by atoms with van der Waals surface area (Å²) in [6.07, 6.45) is 1.97. The zero-order valence-corrected chi connectivity index (χ0v) is 12.8. The highest BCUT2D eigenvalue weighted by Crippen LogP contribution is 2.24. The van der Waals surface area contributed by atoms with Gasteiger partial charge in [-0.25, -0.2) is 4.39 Å². The van der Waals surface area contributed by atoms with E-state index in [4.69, 9.17) is 5.73 Å².